The fourth-order valence-electron chi connectivity index (χ4n) is 1.34. The number of aromatic nitrogens is 3. The van der Waals surface area contributed by atoms with Crippen LogP contribution in [0.15, 0.2) is 6.20 Å². The molecule has 0 amide bonds. The molecule has 0 saturated carbocycles. The molecule has 0 spiro atoms. The molecule has 0 fully saturated rings. The minimum absolute atomic E-state index is 0.0218. The minimum Gasteiger partial charge on any atom is -0.241 e. The molecule has 16 heavy (non-hydrogen) atoms. The average Bonchev–Trinajstić information content (AvgIpc) is 2.24. The lowest BCUT2D eigenvalue weighted by atomic mass is 10.2. The monoisotopic (exact) mass is 371 g/mol. The quantitative estimate of drug-likeness (QED) is 0.351. The summed E-state index contributed by atoms with van der Waals surface area (Å²) in [5.74, 6) is -0.654. The molecule has 0 unspecified atom stereocenters. The second-order valence-electron chi connectivity index (χ2n) is 3.00. The molecular formula is C9H5Cl2FIN3. The van der Waals surface area contributed by atoms with Gasteiger partial charge in [0.1, 0.15) is 5.52 Å². The van der Waals surface area contributed by atoms with Gasteiger partial charge in [0.15, 0.2) is 11.0 Å². The first-order valence-corrected chi connectivity index (χ1v) is 6.63. The van der Waals surface area contributed by atoms with Gasteiger partial charge in [0, 0.05) is 16.0 Å². The van der Waals surface area contributed by atoms with Crippen molar-refractivity contribution < 1.29 is 4.39 Å². The SMILES string of the molecule is Fc1c(Cl)ncc2c(CCI)nc(Cl)nc12. The van der Waals surface area contributed by atoms with E-state index >= 15 is 0 Å². The van der Waals surface area contributed by atoms with Crippen molar-refractivity contribution in [2.45, 2.75) is 6.42 Å². The van der Waals surface area contributed by atoms with E-state index in [1.54, 1.807) is 0 Å². The van der Waals surface area contributed by atoms with Crippen molar-refractivity contribution in [2.75, 3.05) is 4.43 Å². The zero-order valence-corrected chi connectivity index (χ0v) is 11.5. The van der Waals surface area contributed by atoms with Crippen LogP contribution in [0.25, 0.3) is 10.9 Å². The van der Waals surface area contributed by atoms with Crippen molar-refractivity contribution in [3.8, 4) is 0 Å². The summed E-state index contributed by atoms with van der Waals surface area (Å²) in [6, 6.07) is 0. The van der Waals surface area contributed by atoms with E-state index < -0.39 is 5.82 Å². The number of alkyl halides is 1. The third-order valence-electron chi connectivity index (χ3n) is 2.02. The van der Waals surface area contributed by atoms with Gasteiger partial charge in [-0.3, -0.25) is 0 Å². The second-order valence-corrected chi connectivity index (χ2v) is 4.78. The molecule has 0 aliphatic rings. The van der Waals surface area contributed by atoms with Gasteiger partial charge in [-0.1, -0.05) is 34.2 Å². The summed E-state index contributed by atoms with van der Waals surface area (Å²) in [4.78, 5) is 11.6. The Balaban J connectivity index is 2.78. The summed E-state index contributed by atoms with van der Waals surface area (Å²) in [6.07, 6.45) is 2.15. The van der Waals surface area contributed by atoms with Crippen LogP contribution < -0.4 is 0 Å². The number of pyridine rings is 1. The molecule has 2 heterocycles. The lowest BCUT2D eigenvalue weighted by Crippen LogP contribution is -1.99. The van der Waals surface area contributed by atoms with Gasteiger partial charge < -0.3 is 0 Å². The molecule has 0 saturated heterocycles. The zero-order chi connectivity index (χ0) is 11.7. The highest BCUT2D eigenvalue weighted by molar-refractivity contribution is 14.1. The fraction of sp³-hybridized carbons (Fsp3) is 0.222. The van der Waals surface area contributed by atoms with Crippen LogP contribution in [-0.4, -0.2) is 19.4 Å². The Morgan fingerprint density at radius 3 is 2.75 bits per heavy atom. The highest BCUT2D eigenvalue weighted by atomic mass is 127. The van der Waals surface area contributed by atoms with Gasteiger partial charge in [0.2, 0.25) is 5.28 Å². The summed E-state index contributed by atoms with van der Waals surface area (Å²) < 4.78 is 14.5. The predicted octanol–water partition coefficient (Wildman–Crippen LogP) is 3.45. The maximum absolute atomic E-state index is 13.7. The molecule has 2 aromatic heterocycles. The van der Waals surface area contributed by atoms with Crippen molar-refractivity contribution in [1.82, 2.24) is 15.0 Å². The van der Waals surface area contributed by atoms with E-state index in [0.717, 1.165) is 4.43 Å². The third kappa shape index (κ3) is 2.21. The van der Waals surface area contributed by atoms with Crippen molar-refractivity contribution in [2.24, 2.45) is 0 Å². The van der Waals surface area contributed by atoms with Gasteiger partial charge in [0.25, 0.3) is 0 Å². The van der Waals surface area contributed by atoms with E-state index in [1.165, 1.54) is 6.20 Å². The molecule has 2 aromatic rings. The van der Waals surface area contributed by atoms with Crippen LogP contribution in [0.3, 0.4) is 0 Å². The molecule has 0 aliphatic heterocycles. The largest absolute Gasteiger partial charge is 0.241 e. The van der Waals surface area contributed by atoms with Crippen LogP contribution in [0.4, 0.5) is 4.39 Å². The molecule has 3 nitrogen and oxygen atoms in total. The molecule has 0 N–H and O–H groups in total. The van der Waals surface area contributed by atoms with Gasteiger partial charge in [0.05, 0.1) is 5.69 Å². The predicted molar refractivity (Wildman–Crippen MR) is 69.9 cm³/mol. The van der Waals surface area contributed by atoms with Crippen LogP contribution >= 0.6 is 45.8 Å². The van der Waals surface area contributed by atoms with E-state index in [2.05, 4.69) is 37.5 Å². The first-order valence-electron chi connectivity index (χ1n) is 4.35. The van der Waals surface area contributed by atoms with Crippen molar-refractivity contribution >= 4 is 56.7 Å². The van der Waals surface area contributed by atoms with Crippen LogP contribution in [0, 0.1) is 5.82 Å². The van der Waals surface area contributed by atoms with E-state index in [4.69, 9.17) is 23.2 Å². The van der Waals surface area contributed by atoms with Crippen molar-refractivity contribution in [3.05, 3.63) is 28.1 Å². The summed E-state index contributed by atoms with van der Waals surface area (Å²) >= 11 is 13.5. The first kappa shape index (κ1) is 12.2. The molecule has 2 rings (SSSR count). The Morgan fingerprint density at radius 1 is 1.31 bits per heavy atom. The number of rotatable bonds is 2. The maximum Gasteiger partial charge on any atom is 0.223 e. The Kier molecular flexibility index (Phi) is 3.76. The number of nitrogens with zero attached hydrogens (tertiary/aromatic N) is 3. The third-order valence-corrected chi connectivity index (χ3v) is 3.00. The van der Waals surface area contributed by atoms with Crippen LogP contribution in [0.1, 0.15) is 5.69 Å². The summed E-state index contributed by atoms with van der Waals surface area (Å²) in [5, 5.41) is 0.374. The molecule has 0 atom stereocenters. The lowest BCUT2D eigenvalue weighted by molar-refractivity contribution is 0.631. The topological polar surface area (TPSA) is 38.7 Å². The van der Waals surface area contributed by atoms with Gasteiger partial charge >= 0.3 is 0 Å². The molecule has 0 aliphatic carbocycles. The van der Waals surface area contributed by atoms with Gasteiger partial charge in [-0.2, -0.15) is 0 Å². The van der Waals surface area contributed by atoms with Crippen LogP contribution in [0.5, 0.6) is 0 Å². The van der Waals surface area contributed by atoms with E-state index in [9.17, 15) is 4.39 Å². The molecule has 0 aromatic carbocycles. The molecular weight excluding hydrogens is 367 g/mol. The molecule has 0 radical (unpaired) electrons. The standard InChI is InChI=1S/C9H5Cl2FIN3/c10-8-6(12)7-4(3-14-8)5(1-2-13)15-9(11)16-7/h3H,1-2H2. The van der Waals surface area contributed by atoms with Crippen LogP contribution in [-0.2, 0) is 6.42 Å². The van der Waals surface area contributed by atoms with Crippen LogP contribution in [0.2, 0.25) is 10.4 Å². The van der Waals surface area contributed by atoms with Gasteiger partial charge in [-0.25, -0.2) is 19.3 Å². The maximum atomic E-state index is 13.7. The molecule has 7 heteroatoms. The van der Waals surface area contributed by atoms with E-state index in [-0.39, 0.29) is 16.0 Å². The van der Waals surface area contributed by atoms with Crippen molar-refractivity contribution in [3.63, 3.8) is 0 Å². The second kappa shape index (κ2) is 4.93. The van der Waals surface area contributed by atoms with Crippen molar-refractivity contribution in [1.29, 1.82) is 0 Å². The Morgan fingerprint density at radius 2 is 2.06 bits per heavy atom. The number of aryl methyl sites for hydroxylation is 1. The molecule has 0 bridgehead atoms. The Hall–Kier alpha value is -0.270. The number of hydrogen-bond acceptors (Lipinski definition) is 3. The minimum atomic E-state index is -0.654. The first-order chi connectivity index (χ1) is 7.63. The Bertz CT molecular complexity index is 550. The summed E-state index contributed by atoms with van der Waals surface area (Å²) in [5.41, 5.74) is 0.812. The fourth-order valence-corrected chi connectivity index (χ4v) is 2.18. The number of fused-ring (bicyclic) bond motifs is 1. The Labute approximate surface area is 115 Å². The highest BCUT2D eigenvalue weighted by Gasteiger charge is 2.13. The van der Waals surface area contributed by atoms with Gasteiger partial charge in [-0.15, -0.1) is 0 Å². The molecule has 84 valence electrons. The highest BCUT2D eigenvalue weighted by Crippen LogP contribution is 2.24. The van der Waals surface area contributed by atoms with Gasteiger partial charge in [-0.05, 0) is 18.0 Å². The number of halogens is 4. The lowest BCUT2D eigenvalue weighted by Gasteiger charge is -2.05. The smallest absolute Gasteiger partial charge is 0.223 e. The van der Waals surface area contributed by atoms with E-state index in [0.29, 0.717) is 17.5 Å². The van der Waals surface area contributed by atoms with E-state index in [1.807, 2.05) is 0 Å². The zero-order valence-electron chi connectivity index (χ0n) is 7.85. The summed E-state index contributed by atoms with van der Waals surface area (Å²) in [6.45, 7) is 0. The number of hydrogen-bond donors (Lipinski definition) is 0. The average molecular weight is 372 g/mol. The summed E-state index contributed by atoms with van der Waals surface area (Å²) in [7, 11) is 0. The normalized spacial score (nSPS) is 11.0.